The second-order valence-electron chi connectivity index (χ2n) is 5.45. The molecule has 0 atom stereocenters. The summed E-state index contributed by atoms with van der Waals surface area (Å²) in [7, 11) is -3.55. The summed E-state index contributed by atoms with van der Waals surface area (Å²) in [5.74, 6) is -1.60. The molecule has 8 heteroatoms. The van der Waals surface area contributed by atoms with Crippen molar-refractivity contribution in [2.45, 2.75) is 18.7 Å². The number of rotatable bonds is 7. The molecule has 25 heavy (non-hydrogen) atoms. The van der Waals surface area contributed by atoms with Crippen LogP contribution in [-0.2, 0) is 26.9 Å². The molecular weight excluding hydrogens is 388 g/mol. The molecule has 2 aromatic rings. The summed E-state index contributed by atoms with van der Waals surface area (Å²) in [4.78, 5) is 11.8. The first-order valence-electron chi connectivity index (χ1n) is 7.41. The van der Waals surface area contributed by atoms with E-state index in [0.29, 0.717) is 10.6 Å². The van der Waals surface area contributed by atoms with E-state index in [1.165, 1.54) is 6.07 Å². The van der Waals surface area contributed by atoms with Gasteiger partial charge in [0.05, 0.1) is 11.5 Å². The number of amides is 1. The van der Waals surface area contributed by atoms with Crippen LogP contribution in [0.15, 0.2) is 42.5 Å². The van der Waals surface area contributed by atoms with E-state index in [0.717, 1.165) is 17.7 Å². The molecule has 2 rings (SSSR count). The number of carbonyl (C=O) groups is 1. The lowest BCUT2D eigenvalue weighted by molar-refractivity contribution is -0.120. The van der Waals surface area contributed by atoms with Crippen molar-refractivity contribution in [3.63, 3.8) is 0 Å². The van der Waals surface area contributed by atoms with Crippen molar-refractivity contribution in [2.24, 2.45) is 0 Å². The van der Waals surface area contributed by atoms with Crippen LogP contribution in [0.5, 0.6) is 0 Å². The van der Waals surface area contributed by atoms with Crippen molar-refractivity contribution < 1.29 is 17.6 Å². The lowest BCUT2D eigenvalue weighted by Crippen LogP contribution is -2.25. The van der Waals surface area contributed by atoms with Gasteiger partial charge in [-0.25, -0.2) is 12.8 Å². The Morgan fingerprint density at radius 2 is 1.76 bits per heavy atom. The first-order chi connectivity index (χ1) is 11.8. The van der Waals surface area contributed by atoms with Crippen LogP contribution in [-0.4, -0.2) is 20.1 Å². The highest BCUT2D eigenvalue weighted by molar-refractivity contribution is 7.90. The maximum atomic E-state index is 13.0. The van der Waals surface area contributed by atoms with E-state index in [1.54, 1.807) is 24.3 Å². The highest BCUT2D eigenvalue weighted by atomic mass is 35.5. The Labute approximate surface area is 155 Å². The topological polar surface area (TPSA) is 63.2 Å². The molecule has 4 nitrogen and oxygen atoms in total. The van der Waals surface area contributed by atoms with Crippen LogP contribution in [0.2, 0.25) is 10.0 Å². The van der Waals surface area contributed by atoms with Crippen LogP contribution in [0, 0.1) is 5.82 Å². The maximum absolute atomic E-state index is 13.0. The predicted molar refractivity (Wildman–Crippen MR) is 96.8 cm³/mol. The summed E-state index contributed by atoms with van der Waals surface area (Å²) in [6.07, 6.45) is -0.175. The summed E-state index contributed by atoms with van der Waals surface area (Å²) in [5, 5.41) is 3.21. The van der Waals surface area contributed by atoms with Crippen molar-refractivity contribution in [2.75, 3.05) is 5.75 Å². The normalized spacial score (nSPS) is 11.3. The van der Waals surface area contributed by atoms with Gasteiger partial charge in [0.15, 0.2) is 9.84 Å². The van der Waals surface area contributed by atoms with Crippen LogP contribution < -0.4 is 5.32 Å². The Morgan fingerprint density at radius 3 is 2.44 bits per heavy atom. The van der Waals surface area contributed by atoms with Gasteiger partial charge >= 0.3 is 0 Å². The maximum Gasteiger partial charge on any atom is 0.221 e. The summed E-state index contributed by atoms with van der Waals surface area (Å²) in [5.41, 5.74) is 1.05. The van der Waals surface area contributed by atoms with Crippen molar-refractivity contribution in [1.29, 1.82) is 0 Å². The number of carbonyl (C=O) groups excluding carboxylic acids is 1. The molecule has 0 fully saturated rings. The molecule has 1 amide bonds. The van der Waals surface area contributed by atoms with Crippen molar-refractivity contribution >= 4 is 38.9 Å². The van der Waals surface area contributed by atoms with E-state index in [4.69, 9.17) is 23.2 Å². The highest BCUT2D eigenvalue weighted by Gasteiger charge is 2.16. The Kier molecular flexibility index (Phi) is 6.81. The molecule has 134 valence electrons. The van der Waals surface area contributed by atoms with Crippen LogP contribution in [0.1, 0.15) is 17.5 Å². The van der Waals surface area contributed by atoms with Gasteiger partial charge in [0.25, 0.3) is 0 Å². The summed E-state index contributed by atoms with van der Waals surface area (Å²) in [6.45, 7) is 0.225. The van der Waals surface area contributed by atoms with Gasteiger partial charge in [-0.1, -0.05) is 47.5 Å². The SMILES string of the molecule is O=C(CCS(=O)(=O)Cc1ccc(F)cc1Cl)NCc1ccccc1Cl. The molecule has 0 radical (unpaired) electrons. The van der Waals surface area contributed by atoms with E-state index >= 15 is 0 Å². The van der Waals surface area contributed by atoms with Crippen LogP contribution in [0.25, 0.3) is 0 Å². The fraction of sp³-hybridized carbons (Fsp3) is 0.235. The van der Waals surface area contributed by atoms with Gasteiger partial charge in [0.1, 0.15) is 5.82 Å². The first-order valence-corrected chi connectivity index (χ1v) is 9.99. The van der Waals surface area contributed by atoms with Gasteiger partial charge in [-0.3, -0.25) is 4.79 Å². The van der Waals surface area contributed by atoms with Gasteiger partial charge in [-0.2, -0.15) is 0 Å². The minimum absolute atomic E-state index is 0.0479. The summed E-state index contributed by atoms with van der Waals surface area (Å²) >= 11 is 11.8. The Hall–Kier alpha value is -1.63. The lowest BCUT2D eigenvalue weighted by atomic mass is 10.2. The first kappa shape index (κ1) is 19.7. The number of benzene rings is 2. The fourth-order valence-corrected chi connectivity index (χ4v) is 4.00. The number of sulfone groups is 1. The third-order valence-electron chi connectivity index (χ3n) is 3.46. The second kappa shape index (κ2) is 8.65. The van der Waals surface area contributed by atoms with Gasteiger partial charge in [0.2, 0.25) is 5.91 Å². The number of nitrogens with one attached hydrogen (secondary N) is 1. The molecule has 0 aromatic heterocycles. The van der Waals surface area contributed by atoms with Crippen LogP contribution in [0.4, 0.5) is 4.39 Å². The minimum atomic E-state index is -3.55. The number of halogens is 3. The monoisotopic (exact) mass is 403 g/mol. The van der Waals surface area contributed by atoms with Crippen molar-refractivity contribution in [1.82, 2.24) is 5.32 Å². The minimum Gasteiger partial charge on any atom is -0.352 e. The van der Waals surface area contributed by atoms with Crippen LogP contribution in [0.3, 0.4) is 0 Å². The number of hydrogen-bond acceptors (Lipinski definition) is 3. The van der Waals surface area contributed by atoms with E-state index in [-0.39, 0.29) is 29.5 Å². The highest BCUT2D eigenvalue weighted by Crippen LogP contribution is 2.20. The lowest BCUT2D eigenvalue weighted by Gasteiger charge is -2.08. The molecule has 1 N–H and O–H groups in total. The second-order valence-corrected chi connectivity index (χ2v) is 8.44. The molecule has 0 spiro atoms. The van der Waals surface area contributed by atoms with E-state index < -0.39 is 21.6 Å². The zero-order valence-corrected chi connectivity index (χ0v) is 15.5. The average molecular weight is 404 g/mol. The molecule has 0 aliphatic rings. The third-order valence-corrected chi connectivity index (χ3v) is 5.76. The van der Waals surface area contributed by atoms with Gasteiger partial charge in [-0.05, 0) is 29.3 Å². The summed E-state index contributed by atoms with van der Waals surface area (Å²) in [6, 6.07) is 10.6. The van der Waals surface area contributed by atoms with E-state index in [2.05, 4.69) is 5.32 Å². The van der Waals surface area contributed by atoms with Crippen molar-refractivity contribution in [3.05, 3.63) is 69.5 Å². The largest absolute Gasteiger partial charge is 0.352 e. The molecule has 0 saturated carbocycles. The summed E-state index contributed by atoms with van der Waals surface area (Å²) < 4.78 is 37.2. The fourth-order valence-electron chi connectivity index (χ4n) is 2.12. The van der Waals surface area contributed by atoms with E-state index in [1.807, 2.05) is 0 Å². The molecule has 0 aliphatic carbocycles. The molecule has 0 aliphatic heterocycles. The molecular formula is C17H16Cl2FNO3S. The quantitative estimate of drug-likeness (QED) is 0.765. The molecule has 2 aromatic carbocycles. The zero-order valence-electron chi connectivity index (χ0n) is 13.1. The molecule has 0 bridgehead atoms. The van der Waals surface area contributed by atoms with Gasteiger partial charge < -0.3 is 5.32 Å². The van der Waals surface area contributed by atoms with Gasteiger partial charge in [0, 0.05) is 23.0 Å². The van der Waals surface area contributed by atoms with Crippen molar-refractivity contribution in [3.8, 4) is 0 Å². The molecule has 0 saturated heterocycles. The predicted octanol–water partition coefficient (Wildman–Crippen LogP) is 3.75. The molecule has 0 heterocycles. The number of hydrogen-bond donors (Lipinski definition) is 1. The van der Waals surface area contributed by atoms with Crippen LogP contribution >= 0.6 is 23.2 Å². The zero-order chi connectivity index (χ0) is 18.4. The Morgan fingerprint density at radius 1 is 1.04 bits per heavy atom. The molecule has 0 unspecified atom stereocenters. The van der Waals surface area contributed by atoms with E-state index in [9.17, 15) is 17.6 Å². The smallest absolute Gasteiger partial charge is 0.221 e. The average Bonchev–Trinajstić information content (AvgIpc) is 2.55. The standard InChI is InChI=1S/C17H16Cl2FNO3S/c18-15-4-2-1-3-12(15)10-21-17(22)7-8-25(23,24)11-13-5-6-14(20)9-16(13)19/h1-6,9H,7-8,10-11H2,(H,21,22). The third kappa shape index (κ3) is 6.30. The Bertz CT molecular complexity index is 872. The Balaban J connectivity index is 1.86. The van der Waals surface area contributed by atoms with Gasteiger partial charge in [-0.15, -0.1) is 0 Å².